The van der Waals surface area contributed by atoms with Crippen LogP contribution < -0.4 is 10.6 Å². The Kier molecular flexibility index (Phi) is 8.39. The average molecular weight is 409 g/mol. The maximum Gasteiger partial charge on any atom is 0.273 e. The summed E-state index contributed by atoms with van der Waals surface area (Å²) in [7, 11) is 5.58. The number of nitrogens with one attached hydrogen (secondary N) is 1. The zero-order chi connectivity index (χ0) is 21.2. The summed E-state index contributed by atoms with van der Waals surface area (Å²) in [6.07, 6.45) is 0. The van der Waals surface area contributed by atoms with Gasteiger partial charge in [-0.15, -0.1) is 9.24 Å². The van der Waals surface area contributed by atoms with Crippen LogP contribution in [-0.4, -0.2) is 31.5 Å². The van der Waals surface area contributed by atoms with E-state index in [1.54, 1.807) is 20.0 Å². The first-order valence-electron chi connectivity index (χ1n) is 8.92. The van der Waals surface area contributed by atoms with Crippen LogP contribution in [0.15, 0.2) is 52.8 Å². The van der Waals surface area contributed by atoms with Crippen molar-refractivity contribution >= 4 is 31.9 Å². The van der Waals surface area contributed by atoms with Crippen LogP contribution in [0.2, 0.25) is 0 Å². The van der Waals surface area contributed by atoms with E-state index >= 15 is 0 Å². The number of aryl methyl sites for hydroxylation is 1. The number of hydrogen-bond acceptors (Lipinski definition) is 5. The van der Waals surface area contributed by atoms with Crippen LogP contribution in [0, 0.1) is 18.8 Å². The molecule has 0 aliphatic rings. The van der Waals surface area contributed by atoms with E-state index < -0.39 is 0 Å². The average Bonchev–Trinajstić information content (AvgIpc) is 2.71. The Bertz CT molecular complexity index is 1000. The van der Waals surface area contributed by atoms with Crippen molar-refractivity contribution in [3.8, 4) is 11.8 Å². The molecule has 1 N–H and O–H groups in total. The lowest BCUT2D eigenvalue weighted by Gasteiger charge is -2.12. The molecule has 2 rings (SSSR count). The highest BCUT2D eigenvalue weighted by atomic mass is 31.0. The molecule has 2 aromatic rings. The number of carbonyl (C=O) groups excluding carboxylic acids is 1. The molecule has 0 aliphatic heterocycles. The van der Waals surface area contributed by atoms with E-state index in [9.17, 15) is 4.79 Å². The van der Waals surface area contributed by atoms with Gasteiger partial charge in [-0.2, -0.15) is 0 Å². The topological polar surface area (TPSA) is 72.3 Å². The quantitative estimate of drug-likeness (QED) is 0.345. The number of nitrogens with zero attached hydrogens (tertiary/aromatic N) is 2. The van der Waals surface area contributed by atoms with Gasteiger partial charge in [0, 0.05) is 23.7 Å². The Balaban J connectivity index is 2.19. The van der Waals surface area contributed by atoms with Crippen LogP contribution in [0.4, 0.5) is 0 Å². The molecule has 0 fully saturated rings. The summed E-state index contributed by atoms with van der Waals surface area (Å²) in [5, 5.41) is 11.6. The van der Waals surface area contributed by atoms with E-state index in [0.29, 0.717) is 11.3 Å². The summed E-state index contributed by atoms with van der Waals surface area (Å²) in [4.78, 5) is 22.5. The van der Waals surface area contributed by atoms with Gasteiger partial charge in [0.2, 0.25) is 0 Å². The Hall–Kier alpha value is -3.16. The lowest BCUT2D eigenvalue weighted by molar-refractivity contribution is -0.114. The molecule has 0 heterocycles. The molecule has 1 unspecified atom stereocenters. The molecule has 0 radical (unpaired) electrons. The molecular formula is C22H24N3O3P. The van der Waals surface area contributed by atoms with Gasteiger partial charge >= 0.3 is 0 Å². The molecular weight excluding hydrogens is 385 g/mol. The number of rotatable bonds is 6. The van der Waals surface area contributed by atoms with Crippen LogP contribution in [-0.2, 0) is 21.1 Å². The summed E-state index contributed by atoms with van der Waals surface area (Å²) in [5.74, 6) is 5.67. The van der Waals surface area contributed by atoms with Crippen molar-refractivity contribution in [3.63, 3.8) is 0 Å². The molecule has 29 heavy (non-hydrogen) atoms. The third-order valence-corrected chi connectivity index (χ3v) is 4.33. The third kappa shape index (κ3) is 6.44. The fourth-order valence-electron chi connectivity index (χ4n) is 2.53. The SMILES string of the molecule is CNC(=O)/C(=N/OC)c1cccc(C)c1CO/N=C(\C)C#Cc1cccc(P)c1. The maximum absolute atomic E-state index is 12.2. The van der Waals surface area contributed by atoms with Crippen molar-refractivity contribution in [3.05, 3.63) is 64.7 Å². The van der Waals surface area contributed by atoms with E-state index in [-0.39, 0.29) is 18.2 Å². The predicted octanol–water partition coefficient (Wildman–Crippen LogP) is 2.54. The van der Waals surface area contributed by atoms with Crippen molar-refractivity contribution in [2.75, 3.05) is 14.2 Å². The molecule has 0 aliphatic carbocycles. The standard InChI is InChI=1S/C22H24N3O3P/c1-15-7-5-10-19(21(25-27-4)22(26)23-3)20(15)14-28-24-16(2)11-12-17-8-6-9-18(29)13-17/h5-10,13H,14,29H2,1-4H3,(H,23,26)/b24-16+,25-21+. The van der Waals surface area contributed by atoms with Crippen LogP contribution in [0.1, 0.15) is 29.2 Å². The first-order chi connectivity index (χ1) is 14.0. The zero-order valence-electron chi connectivity index (χ0n) is 16.9. The van der Waals surface area contributed by atoms with Gasteiger partial charge in [-0.3, -0.25) is 4.79 Å². The summed E-state index contributed by atoms with van der Waals surface area (Å²) < 4.78 is 0. The molecule has 1 amide bonds. The molecule has 1 atom stereocenters. The van der Waals surface area contributed by atoms with Crippen molar-refractivity contribution < 1.29 is 14.5 Å². The van der Waals surface area contributed by atoms with Gasteiger partial charge < -0.3 is 15.0 Å². The van der Waals surface area contributed by atoms with E-state index in [1.165, 1.54) is 7.11 Å². The van der Waals surface area contributed by atoms with E-state index in [2.05, 4.69) is 36.7 Å². The van der Waals surface area contributed by atoms with E-state index in [4.69, 9.17) is 9.68 Å². The van der Waals surface area contributed by atoms with Crippen LogP contribution in [0.5, 0.6) is 0 Å². The molecule has 2 aromatic carbocycles. The van der Waals surface area contributed by atoms with Gasteiger partial charge in [0.25, 0.3) is 5.91 Å². The largest absolute Gasteiger partial charge is 0.398 e. The fourth-order valence-corrected chi connectivity index (χ4v) is 2.82. The maximum atomic E-state index is 12.2. The van der Waals surface area contributed by atoms with Crippen molar-refractivity contribution in [2.24, 2.45) is 10.3 Å². The Morgan fingerprint density at radius 3 is 2.66 bits per heavy atom. The van der Waals surface area contributed by atoms with Crippen LogP contribution in [0.3, 0.4) is 0 Å². The highest BCUT2D eigenvalue weighted by Crippen LogP contribution is 2.17. The Morgan fingerprint density at radius 1 is 1.21 bits per heavy atom. The highest BCUT2D eigenvalue weighted by molar-refractivity contribution is 7.27. The highest BCUT2D eigenvalue weighted by Gasteiger charge is 2.19. The minimum absolute atomic E-state index is 0.168. The zero-order valence-corrected chi connectivity index (χ0v) is 18.1. The molecule has 6 nitrogen and oxygen atoms in total. The van der Waals surface area contributed by atoms with Crippen molar-refractivity contribution in [1.82, 2.24) is 5.32 Å². The molecule has 7 heteroatoms. The summed E-state index contributed by atoms with van der Waals surface area (Å²) >= 11 is 0. The van der Waals surface area contributed by atoms with Gasteiger partial charge in [-0.05, 0) is 42.8 Å². The van der Waals surface area contributed by atoms with Crippen LogP contribution >= 0.6 is 9.24 Å². The normalized spacial score (nSPS) is 11.3. The Morgan fingerprint density at radius 2 is 1.97 bits per heavy atom. The minimum Gasteiger partial charge on any atom is -0.398 e. The van der Waals surface area contributed by atoms with Crippen LogP contribution in [0.25, 0.3) is 0 Å². The molecule has 150 valence electrons. The van der Waals surface area contributed by atoms with Gasteiger partial charge in [0.05, 0.1) is 0 Å². The van der Waals surface area contributed by atoms with E-state index in [0.717, 1.165) is 22.0 Å². The first-order valence-corrected chi connectivity index (χ1v) is 9.50. The van der Waals surface area contributed by atoms with Gasteiger partial charge in [0.15, 0.2) is 5.71 Å². The number of likely N-dealkylation sites (N-methyl/N-ethyl adjacent to an activating group) is 1. The van der Waals surface area contributed by atoms with Gasteiger partial charge in [0.1, 0.15) is 19.4 Å². The number of hydrogen-bond donors (Lipinski definition) is 1. The summed E-state index contributed by atoms with van der Waals surface area (Å²) in [6, 6.07) is 13.4. The minimum atomic E-state index is -0.347. The number of oxime groups is 2. The Labute approximate surface area is 173 Å². The number of carbonyl (C=O) groups is 1. The lowest BCUT2D eigenvalue weighted by Crippen LogP contribution is -2.29. The molecule has 0 saturated carbocycles. The predicted molar refractivity (Wildman–Crippen MR) is 119 cm³/mol. The third-order valence-electron chi connectivity index (χ3n) is 3.97. The number of benzene rings is 2. The van der Waals surface area contributed by atoms with Gasteiger partial charge in [-0.1, -0.05) is 46.6 Å². The molecule has 0 spiro atoms. The lowest BCUT2D eigenvalue weighted by atomic mass is 9.98. The van der Waals surface area contributed by atoms with Gasteiger partial charge in [-0.25, -0.2) is 0 Å². The van der Waals surface area contributed by atoms with Crippen molar-refractivity contribution in [2.45, 2.75) is 20.5 Å². The molecule has 0 bridgehead atoms. The van der Waals surface area contributed by atoms with E-state index in [1.807, 2.05) is 43.3 Å². The monoisotopic (exact) mass is 409 g/mol. The summed E-state index contributed by atoms with van der Waals surface area (Å²) in [5.41, 5.74) is 4.00. The second-order valence-electron chi connectivity index (χ2n) is 6.13. The summed E-state index contributed by atoms with van der Waals surface area (Å²) in [6.45, 7) is 3.88. The fraction of sp³-hybridized carbons (Fsp3) is 0.227. The number of amides is 1. The second-order valence-corrected chi connectivity index (χ2v) is 6.79. The molecule has 0 saturated heterocycles. The second kappa shape index (κ2) is 11.0. The first kappa shape index (κ1) is 22.1. The van der Waals surface area contributed by atoms with Crippen molar-refractivity contribution in [1.29, 1.82) is 0 Å². The smallest absolute Gasteiger partial charge is 0.273 e. The molecule has 0 aromatic heterocycles.